The Hall–Kier alpha value is -3.58. The number of aryl methyl sites for hydroxylation is 1. The van der Waals surface area contributed by atoms with Crippen LogP contribution in [0.25, 0.3) is 27.8 Å². The number of benzene rings is 1. The number of H-pyrrole nitrogens is 1. The number of aromatic amines is 1. The van der Waals surface area contributed by atoms with E-state index in [0.29, 0.717) is 22.7 Å². The molecule has 0 spiro atoms. The molecule has 4 aromatic heterocycles. The van der Waals surface area contributed by atoms with E-state index in [1.807, 2.05) is 43.6 Å². The molecule has 0 amide bonds. The highest BCUT2D eigenvalue weighted by Crippen LogP contribution is 2.39. The van der Waals surface area contributed by atoms with E-state index in [1.54, 1.807) is 6.20 Å². The fourth-order valence-electron chi connectivity index (χ4n) is 5.27. The van der Waals surface area contributed by atoms with Crippen molar-refractivity contribution in [2.75, 3.05) is 17.6 Å². The summed E-state index contributed by atoms with van der Waals surface area (Å²) < 4.78 is 2.13. The van der Waals surface area contributed by atoms with E-state index < -0.39 is 0 Å². The number of hydrogen-bond donors (Lipinski definition) is 3. The molecule has 7 nitrogen and oxygen atoms in total. The summed E-state index contributed by atoms with van der Waals surface area (Å²) in [5.74, 6) is 2.56. The molecule has 178 valence electrons. The zero-order valence-corrected chi connectivity index (χ0v) is 20.4. The first kappa shape index (κ1) is 21.9. The van der Waals surface area contributed by atoms with Crippen LogP contribution in [0.1, 0.15) is 43.1 Å². The number of imidazole rings is 1. The minimum absolute atomic E-state index is 0.378. The lowest BCUT2D eigenvalue weighted by atomic mass is 9.81. The molecule has 0 aliphatic heterocycles. The van der Waals surface area contributed by atoms with Gasteiger partial charge in [-0.3, -0.25) is 9.38 Å². The summed E-state index contributed by atoms with van der Waals surface area (Å²) in [6, 6.07) is 12.1. The maximum atomic E-state index is 6.42. The average molecular weight is 486 g/mol. The highest BCUT2D eigenvalue weighted by Gasteiger charge is 2.28. The molecule has 1 aliphatic carbocycles. The highest BCUT2D eigenvalue weighted by molar-refractivity contribution is 6.35. The van der Waals surface area contributed by atoms with Gasteiger partial charge >= 0.3 is 0 Å². The van der Waals surface area contributed by atoms with Crippen molar-refractivity contribution in [3.05, 3.63) is 71.5 Å². The Labute approximate surface area is 208 Å². The quantitative estimate of drug-likeness (QED) is 0.275. The summed E-state index contributed by atoms with van der Waals surface area (Å²) >= 11 is 6.42. The fourth-order valence-corrected chi connectivity index (χ4v) is 5.50. The molecule has 0 radical (unpaired) electrons. The molecule has 4 heterocycles. The van der Waals surface area contributed by atoms with E-state index in [0.717, 1.165) is 77.2 Å². The minimum Gasteiger partial charge on any atom is -0.384 e. The number of nitrogens with zero attached hydrogens (tertiary/aromatic N) is 4. The van der Waals surface area contributed by atoms with Crippen molar-refractivity contribution in [2.24, 2.45) is 5.92 Å². The van der Waals surface area contributed by atoms with Crippen molar-refractivity contribution in [2.45, 2.75) is 38.5 Å². The molecular formula is C27H28ClN7. The third-order valence-corrected chi connectivity index (χ3v) is 7.50. The molecule has 0 unspecified atom stereocenters. The third-order valence-electron chi connectivity index (χ3n) is 7.19. The molecule has 6 rings (SSSR count). The van der Waals surface area contributed by atoms with Gasteiger partial charge in [-0.05, 0) is 62.8 Å². The number of nitrogens with one attached hydrogen (secondary N) is 2. The number of anilines is 2. The van der Waals surface area contributed by atoms with Crippen LogP contribution in [0.15, 0.2) is 55.0 Å². The normalized spacial score (nSPS) is 18.3. The van der Waals surface area contributed by atoms with Gasteiger partial charge < -0.3 is 16.0 Å². The van der Waals surface area contributed by atoms with Crippen LogP contribution in [0.2, 0.25) is 5.02 Å². The van der Waals surface area contributed by atoms with Gasteiger partial charge in [-0.25, -0.2) is 9.97 Å². The van der Waals surface area contributed by atoms with Crippen molar-refractivity contribution in [3.8, 4) is 11.4 Å². The molecule has 0 bridgehead atoms. The Morgan fingerprint density at radius 2 is 2.00 bits per heavy atom. The number of pyridine rings is 1. The second-order valence-electron chi connectivity index (χ2n) is 9.52. The van der Waals surface area contributed by atoms with Gasteiger partial charge in [0.2, 0.25) is 0 Å². The van der Waals surface area contributed by atoms with Crippen molar-refractivity contribution in [3.63, 3.8) is 0 Å². The molecule has 4 N–H and O–H groups in total. The van der Waals surface area contributed by atoms with Crippen LogP contribution in [-0.4, -0.2) is 30.9 Å². The summed E-state index contributed by atoms with van der Waals surface area (Å²) in [4.78, 5) is 17.3. The van der Waals surface area contributed by atoms with E-state index in [-0.39, 0.29) is 0 Å². The van der Waals surface area contributed by atoms with Gasteiger partial charge in [-0.2, -0.15) is 0 Å². The lowest BCUT2D eigenvalue weighted by molar-refractivity contribution is 0.330. The smallest absolute Gasteiger partial charge is 0.150 e. The summed E-state index contributed by atoms with van der Waals surface area (Å²) in [6.45, 7) is 2.98. The topological polar surface area (TPSA) is 96.9 Å². The number of para-hydroxylation sites is 1. The van der Waals surface area contributed by atoms with Gasteiger partial charge in [0.05, 0.1) is 28.1 Å². The van der Waals surface area contributed by atoms with Crippen LogP contribution in [0.5, 0.6) is 0 Å². The Morgan fingerprint density at radius 3 is 2.77 bits per heavy atom. The first-order valence-corrected chi connectivity index (χ1v) is 12.5. The van der Waals surface area contributed by atoms with Crippen LogP contribution in [0, 0.1) is 12.8 Å². The molecule has 35 heavy (non-hydrogen) atoms. The van der Waals surface area contributed by atoms with Crippen molar-refractivity contribution >= 4 is 39.5 Å². The molecule has 1 fully saturated rings. The van der Waals surface area contributed by atoms with Crippen LogP contribution in [-0.2, 0) is 0 Å². The fraction of sp³-hybridized carbons (Fsp3) is 0.296. The first-order valence-electron chi connectivity index (χ1n) is 12.1. The maximum Gasteiger partial charge on any atom is 0.150 e. The Bertz CT molecular complexity index is 1490. The largest absolute Gasteiger partial charge is 0.384 e. The summed E-state index contributed by atoms with van der Waals surface area (Å²) in [6.07, 6.45) is 10.1. The van der Waals surface area contributed by atoms with Gasteiger partial charge in [0.15, 0.2) is 0 Å². The molecule has 1 saturated carbocycles. The van der Waals surface area contributed by atoms with Gasteiger partial charge in [0, 0.05) is 35.9 Å². The number of rotatable bonds is 5. The zero-order valence-electron chi connectivity index (χ0n) is 19.6. The molecule has 8 heteroatoms. The Kier molecular flexibility index (Phi) is 5.57. The Balaban J connectivity index is 1.25. The summed E-state index contributed by atoms with van der Waals surface area (Å²) in [5, 5.41) is 5.30. The van der Waals surface area contributed by atoms with Crippen LogP contribution >= 0.6 is 11.6 Å². The predicted molar refractivity (Wildman–Crippen MR) is 142 cm³/mol. The second-order valence-corrected chi connectivity index (χ2v) is 9.93. The first-order chi connectivity index (χ1) is 17.1. The molecular weight excluding hydrogens is 458 g/mol. The van der Waals surface area contributed by atoms with Gasteiger partial charge in [-0.1, -0.05) is 23.7 Å². The summed E-state index contributed by atoms with van der Waals surface area (Å²) in [7, 11) is 0. The molecule has 5 aromatic rings. The molecule has 0 saturated heterocycles. The van der Waals surface area contributed by atoms with E-state index >= 15 is 0 Å². The number of nitrogen functional groups attached to an aromatic ring is 1. The average Bonchev–Trinajstić information content (AvgIpc) is 3.48. The Morgan fingerprint density at radius 1 is 1.14 bits per heavy atom. The highest BCUT2D eigenvalue weighted by atomic mass is 35.5. The van der Waals surface area contributed by atoms with Crippen LogP contribution in [0.4, 0.5) is 11.5 Å². The second kappa shape index (κ2) is 8.89. The van der Waals surface area contributed by atoms with E-state index in [1.165, 1.54) is 0 Å². The van der Waals surface area contributed by atoms with Gasteiger partial charge in [0.25, 0.3) is 0 Å². The lowest BCUT2D eigenvalue weighted by Crippen LogP contribution is -2.21. The van der Waals surface area contributed by atoms with Crippen molar-refractivity contribution in [1.29, 1.82) is 0 Å². The maximum absolute atomic E-state index is 6.42. The third kappa shape index (κ3) is 4.10. The van der Waals surface area contributed by atoms with Gasteiger partial charge in [0.1, 0.15) is 22.9 Å². The van der Waals surface area contributed by atoms with Crippen LogP contribution < -0.4 is 11.1 Å². The minimum atomic E-state index is 0.378. The SMILES string of the molecule is Cc1ccc(NCC2CCC(c3nc(-c4cc5cccc(Cl)c5[nH]4)c4c(N)nccn34)CC2)cn1. The van der Waals surface area contributed by atoms with Crippen molar-refractivity contribution in [1.82, 2.24) is 24.3 Å². The number of halogens is 1. The summed E-state index contributed by atoms with van der Waals surface area (Å²) in [5.41, 5.74) is 12.0. The number of fused-ring (bicyclic) bond motifs is 2. The van der Waals surface area contributed by atoms with E-state index in [9.17, 15) is 0 Å². The van der Waals surface area contributed by atoms with E-state index in [2.05, 4.69) is 36.8 Å². The lowest BCUT2D eigenvalue weighted by Gasteiger charge is -2.28. The van der Waals surface area contributed by atoms with Gasteiger partial charge in [-0.15, -0.1) is 0 Å². The number of hydrogen-bond acceptors (Lipinski definition) is 5. The predicted octanol–water partition coefficient (Wildman–Crippen LogP) is 6.20. The standard InChI is InChI=1S/C27H28ClN7/c1-16-5-10-20(15-31-16)32-14-17-6-8-18(9-7-17)27-34-24(25-26(29)30-11-12-35(25)27)22-13-19-3-2-4-21(28)23(19)33-22/h2-5,10-13,15,17-18,32-33H,6-9,14H2,1H3,(H2,29,30). The molecule has 1 aromatic carbocycles. The van der Waals surface area contributed by atoms with Crippen molar-refractivity contribution < 1.29 is 0 Å². The monoisotopic (exact) mass is 485 g/mol. The zero-order chi connectivity index (χ0) is 23.9. The molecule has 1 aliphatic rings. The van der Waals surface area contributed by atoms with Crippen LogP contribution in [0.3, 0.4) is 0 Å². The number of nitrogens with two attached hydrogens (primary N) is 1. The van der Waals surface area contributed by atoms with E-state index in [4.69, 9.17) is 22.3 Å². The molecule has 0 atom stereocenters. The number of aromatic nitrogens is 5.